The third-order valence-corrected chi connectivity index (χ3v) is 7.54. The smallest absolute Gasteiger partial charge is 0.416 e. The Morgan fingerprint density at radius 1 is 1.05 bits per heavy atom. The highest BCUT2D eigenvalue weighted by molar-refractivity contribution is 5.88. The lowest BCUT2D eigenvalue weighted by Crippen LogP contribution is -2.42. The van der Waals surface area contributed by atoms with Gasteiger partial charge in [-0.3, -0.25) is 23.1 Å². The molecule has 1 aliphatic carbocycles. The topological polar surface area (TPSA) is 97.2 Å². The molecule has 0 atom stereocenters. The summed E-state index contributed by atoms with van der Waals surface area (Å²) in [6.45, 7) is 2.28. The van der Waals surface area contributed by atoms with Gasteiger partial charge >= 0.3 is 23.5 Å². The van der Waals surface area contributed by atoms with Gasteiger partial charge in [-0.1, -0.05) is 12.1 Å². The average Bonchev–Trinajstić information content (AvgIpc) is 3.10. The van der Waals surface area contributed by atoms with Crippen molar-refractivity contribution in [2.75, 3.05) is 6.61 Å². The lowest BCUT2D eigenvalue weighted by molar-refractivity contribution is -0.138. The summed E-state index contributed by atoms with van der Waals surface area (Å²) < 4.78 is 50.5. The van der Waals surface area contributed by atoms with E-state index in [0.29, 0.717) is 11.0 Å². The Balaban J connectivity index is 1.70. The van der Waals surface area contributed by atoms with Gasteiger partial charge in [0.1, 0.15) is 5.56 Å². The Morgan fingerprint density at radius 2 is 1.77 bits per heavy atom. The quantitative estimate of drug-likeness (QED) is 0.336. The lowest BCUT2D eigenvalue weighted by atomic mass is 9.93. The summed E-state index contributed by atoms with van der Waals surface area (Å²) in [6, 6.07) is 8.51. The number of aromatic nitrogens is 4. The molecule has 9 nitrogen and oxygen atoms in total. The van der Waals surface area contributed by atoms with Crippen molar-refractivity contribution in [3.8, 4) is 5.69 Å². The number of hydrogen-bond donors (Lipinski definition) is 0. The number of benzene rings is 2. The van der Waals surface area contributed by atoms with E-state index >= 15 is 0 Å². The van der Waals surface area contributed by atoms with E-state index in [9.17, 15) is 32.3 Å². The third kappa shape index (κ3) is 4.46. The molecule has 0 amide bonds. The highest BCUT2D eigenvalue weighted by Crippen LogP contribution is 2.34. The first-order chi connectivity index (χ1) is 18.9. The Kier molecular flexibility index (Phi) is 6.80. The highest BCUT2D eigenvalue weighted by atomic mass is 19.4. The number of imidazole rings is 1. The van der Waals surface area contributed by atoms with Gasteiger partial charge < -0.3 is 4.74 Å². The van der Waals surface area contributed by atoms with E-state index < -0.39 is 41.1 Å². The predicted octanol–water partition coefficient (Wildman–Crippen LogP) is 3.93. The molecule has 2 heterocycles. The number of carbonyl (C=O) groups is 1. The first-order valence-corrected chi connectivity index (χ1v) is 12.8. The van der Waals surface area contributed by atoms with Crippen molar-refractivity contribution >= 4 is 17.0 Å². The number of alkyl halides is 3. The minimum absolute atomic E-state index is 0.0348. The maximum Gasteiger partial charge on any atom is 0.416 e. The molecule has 0 spiro atoms. The van der Waals surface area contributed by atoms with Gasteiger partial charge in [0.05, 0.1) is 35.4 Å². The van der Waals surface area contributed by atoms with E-state index in [2.05, 4.69) is 0 Å². The van der Waals surface area contributed by atoms with Gasteiger partial charge in [0, 0.05) is 19.3 Å². The Hall–Kier alpha value is -4.35. The van der Waals surface area contributed by atoms with Crippen LogP contribution in [-0.2, 0) is 24.5 Å². The van der Waals surface area contributed by atoms with Crippen molar-refractivity contribution in [2.24, 2.45) is 7.05 Å². The van der Waals surface area contributed by atoms with Crippen LogP contribution in [0.4, 0.5) is 13.2 Å². The number of halogens is 3. The zero-order valence-corrected chi connectivity index (χ0v) is 22.1. The molecule has 4 aromatic rings. The molecule has 40 heavy (non-hydrogen) atoms. The van der Waals surface area contributed by atoms with Gasteiger partial charge in [0.2, 0.25) is 0 Å². The first-order valence-electron chi connectivity index (χ1n) is 12.8. The highest BCUT2D eigenvalue weighted by Gasteiger charge is 2.33. The summed E-state index contributed by atoms with van der Waals surface area (Å²) in [4.78, 5) is 52.6. The normalized spacial score (nSPS) is 13.9. The van der Waals surface area contributed by atoms with Gasteiger partial charge in [0.15, 0.2) is 0 Å². The molecule has 210 valence electrons. The molecule has 0 radical (unpaired) electrons. The molecule has 0 bridgehead atoms. The number of nitrogens with zero attached hydrogens (tertiary/aromatic N) is 4. The monoisotopic (exact) mass is 556 g/mol. The fourth-order valence-corrected chi connectivity index (χ4v) is 5.11. The van der Waals surface area contributed by atoms with Gasteiger partial charge in [-0.15, -0.1) is 0 Å². The molecule has 1 aliphatic rings. The SMILES string of the molecule is CCOC(=O)c1cn(-c2ccc3c(c2)n(C)c(=O)n3C2CCC2)c(=O)n(Cc2cccc(C(F)(F)F)c2C)c1=O. The van der Waals surface area contributed by atoms with Crippen LogP contribution in [0.25, 0.3) is 16.7 Å². The Labute approximate surface area is 225 Å². The second kappa shape index (κ2) is 10.00. The fraction of sp³-hybridized carbons (Fsp3) is 0.357. The molecular formula is C28H27F3N4O5. The largest absolute Gasteiger partial charge is 0.462 e. The number of fused-ring (bicyclic) bond motifs is 1. The number of ether oxygens (including phenoxy) is 1. The van der Waals surface area contributed by atoms with Gasteiger partial charge in [-0.05, 0) is 68.5 Å². The summed E-state index contributed by atoms with van der Waals surface area (Å²) in [5.74, 6) is -0.972. The third-order valence-electron chi connectivity index (χ3n) is 7.54. The molecule has 0 saturated heterocycles. The van der Waals surface area contributed by atoms with Crippen LogP contribution in [0.5, 0.6) is 0 Å². The summed E-state index contributed by atoms with van der Waals surface area (Å²) in [5, 5.41) is 0. The van der Waals surface area contributed by atoms with Crippen molar-refractivity contribution in [1.82, 2.24) is 18.3 Å². The second-order valence-electron chi connectivity index (χ2n) is 9.86. The fourth-order valence-electron chi connectivity index (χ4n) is 5.11. The van der Waals surface area contributed by atoms with Gasteiger partial charge in [0.25, 0.3) is 5.56 Å². The van der Waals surface area contributed by atoms with Crippen LogP contribution in [0, 0.1) is 6.92 Å². The molecular weight excluding hydrogens is 529 g/mol. The standard InChI is InChI=1S/C28H27F3N4O5/c1-4-40-25(37)20-15-33(19-11-12-22-23(13-19)32(3)26(38)35(22)18-8-6-9-18)27(39)34(24(20)36)14-17-7-5-10-21(16(17)2)28(29,30)31/h5,7,10-13,15,18H,4,6,8-9,14H2,1-3H3. The zero-order valence-electron chi connectivity index (χ0n) is 22.1. The summed E-state index contributed by atoms with van der Waals surface area (Å²) in [6.07, 6.45) is -0.740. The molecule has 0 N–H and O–H groups in total. The number of hydrogen-bond acceptors (Lipinski definition) is 5. The van der Waals surface area contributed by atoms with Crippen molar-refractivity contribution < 1.29 is 22.7 Å². The van der Waals surface area contributed by atoms with Crippen LogP contribution in [0.3, 0.4) is 0 Å². The molecule has 2 aromatic heterocycles. The van der Waals surface area contributed by atoms with E-state index in [0.717, 1.165) is 40.7 Å². The van der Waals surface area contributed by atoms with E-state index in [1.54, 1.807) is 36.7 Å². The first kappa shape index (κ1) is 27.2. The van der Waals surface area contributed by atoms with E-state index in [1.165, 1.54) is 23.6 Å². The number of rotatable bonds is 6. The van der Waals surface area contributed by atoms with Crippen LogP contribution in [0.15, 0.2) is 57.0 Å². The van der Waals surface area contributed by atoms with Crippen molar-refractivity contribution in [2.45, 2.75) is 51.9 Å². The minimum Gasteiger partial charge on any atom is -0.462 e. The summed E-state index contributed by atoms with van der Waals surface area (Å²) in [5.41, 5.74) is -1.92. The second-order valence-corrected chi connectivity index (χ2v) is 9.86. The maximum atomic E-state index is 13.7. The van der Waals surface area contributed by atoms with Gasteiger partial charge in [-0.2, -0.15) is 13.2 Å². The molecule has 1 saturated carbocycles. The van der Waals surface area contributed by atoms with E-state index in [-0.39, 0.29) is 35.2 Å². The average molecular weight is 557 g/mol. The van der Waals surface area contributed by atoms with E-state index in [1.807, 2.05) is 0 Å². The molecule has 0 aliphatic heterocycles. The molecule has 2 aromatic carbocycles. The summed E-state index contributed by atoms with van der Waals surface area (Å²) >= 11 is 0. The Bertz CT molecular complexity index is 1820. The molecule has 12 heteroatoms. The summed E-state index contributed by atoms with van der Waals surface area (Å²) in [7, 11) is 1.62. The Morgan fingerprint density at radius 3 is 2.40 bits per heavy atom. The van der Waals surface area contributed by atoms with Crippen LogP contribution in [0.1, 0.15) is 59.3 Å². The van der Waals surface area contributed by atoms with Crippen molar-refractivity contribution in [1.29, 1.82) is 0 Å². The molecule has 5 rings (SSSR count). The number of aryl methyl sites for hydroxylation is 1. The predicted molar refractivity (Wildman–Crippen MR) is 141 cm³/mol. The van der Waals surface area contributed by atoms with E-state index in [4.69, 9.17) is 4.74 Å². The van der Waals surface area contributed by atoms with Crippen LogP contribution in [0.2, 0.25) is 0 Å². The van der Waals surface area contributed by atoms with Gasteiger partial charge in [-0.25, -0.2) is 14.4 Å². The van der Waals surface area contributed by atoms with Crippen molar-refractivity contribution in [3.05, 3.63) is 96.2 Å². The van der Waals surface area contributed by atoms with Crippen LogP contribution < -0.4 is 16.9 Å². The number of carbonyl (C=O) groups excluding carboxylic acids is 1. The molecule has 1 fully saturated rings. The van der Waals surface area contributed by atoms with Crippen LogP contribution >= 0.6 is 0 Å². The zero-order chi connectivity index (χ0) is 28.9. The minimum atomic E-state index is -4.63. The maximum absolute atomic E-state index is 13.7. The van der Waals surface area contributed by atoms with Crippen LogP contribution in [-0.4, -0.2) is 30.8 Å². The van der Waals surface area contributed by atoms with Crippen molar-refractivity contribution in [3.63, 3.8) is 0 Å². The molecule has 0 unspecified atom stereocenters. The lowest BCUT2D eigenvalue weighted by Gasteiger charge is -2.26. The number of esters is 1.